The molecular weight excluding hydrogens is 258 g/mol. The Morgan fingerprint density at radius 2 is 1.65 bits per heavy atom. The molecule has 118 valence electrons. The van der Waals surface area contributed by atoms with Gasteiger partial charge in [0.15, 0.2) is 0 Å². The first kappa shape index (κ1) is 18.7. The van der Waals surface area contributed by atoms with Crippen LogP contribution in [0.5, 0.6) is 0 Å². The van der Waals surface area contributed by atoms with Crippen molar-refractivity contribution in [3.63, 3.8) is 0 Å². The normalized spacial score (nSPS) is 14.0. The topological polar surface area (TPSA) is 75.6 Å². The summed E-state index contributed by atoms with van der Waals surface area (Å²) in [5.74, 6) is -0.546. The largest absolute Gasteiger partial charge is 0.480 e. The van der Waals surface area contributed by atoms with E-state index in [1.807, 2.05) is 13.8 Å². The lowest BCUT2D eigenvalue weighted by molar-refractivity contribution is -0.142. The number of carboxylic acid groups (broad SMARTS) is 1. The minimum Gasteiger partial charge on any atom is -0.480 e. The monoisotopic (exact) mass is 287 g/mol. The molecule has 0 aromatic heterocycles. The summed E-state index contributed by atoms with van der Waals surface area (Å²) in [6, 6.07) is -0.962. The van der Waals surface area contributed by atoms with Crippen molar-refractivity contribution < 1.29 is 19.4 Å². The summed E-state index contributed by atoms with van der Waals surface area (Å²) < 4.78 is 5.13. The van der Waals surface area contributed by atoms with Gasteiger partial charge in [0.05, 0.1) is 0 Å². The van der Waals surface area contributed by atoms with Gasteiger partial charge >= 0.3 is 12.1 Å². The minimum atomic E-state index is -1.04. The second-order valence-electron chi connectivity index (χ2n) is 7.34. The molecule has 0 bridgehead atoms. The lowest BCUT2D eigenvalue weighted by atomic mass is 9.78. The maximum atomic E-state index is 11.8. The molecule has 0 spiro atoms. The van der Waals surface area contributed by atoms with Crippen molar-refractivity contribution in [3.05, 3.63) is 0 Å². The van der Waals surface area contributed by atoms with E-state index in [-0.39, 0.29) is 0 Å². The van der Waals surface area contributed by atoms with E-state index in [1.54, 1.807) is 20.8 Å². The first-order valence-corrected chi connectivity index (χ1v) is 7.07. The van der Waals surface area contributed by atoms with Gasteiger partial charge < -0.3 is 15.2 Å². The number of carbonyl (C=O) groups is 2. The van der Waals surface area contributed by atoms with E-state index in [2.05, 4.69) is 19.2 Å². The molecule has 0 heterocycles. The molecule has 5 nitrogen and oxygen atoms in total. The highest BCUT2D eigenvalue weighted by molar-refractivity contribution is 5.80. The average molecular weight is 287 g/mol. The van der Waals surface area contributed by atoms with Gasteiger partial charge in [0.25, 0.3) is 0 Å². The Morgan fingerprint density at radius 3 is 2.00 bits per heavy atom. The molecule has 0 radical (unpaired) electrons. The highest BCUT2D eigenvalue weighted by Crippen LogP contribution is 2.29. The number of amides is 1. The molecule has 0 aliphatic rings. The van der Waals surface area contributed by atoms with Gasteiger partial charge in [-0.2, -0.15) is 0 Å². The second-order valence-corrected chi connectivity index (χ2v) is 7.34. The number of hydrogen-bond acceptors (Lipinski definition) is 3. The van der Waals surface area contributed by atoms with E-state index in [9.17, 15) is 14.7 Å². The van der Waals surface area contributed by atoms with Crippen molar-refractivity contribution in [2.24, 2.45) is 11.3 Å². The summed E-state index contributed by atoms with van der Waals surface area (Å²) in [6.45, 7) is 13.1. The van der Waals surface area contributed by atoms with Crippen LogP contribution >= 0.6 is 0 Å². The van der Waals surface area contributed by atoms with E-state index in [4.69, 9.17) is 4.74 Å². The van der Waals surface area contributed by atoms with Crippen molar-refractivity contribution in [2.45, 2.75) is 73.0 Å². The summed E-state index contributed by atoms with van der Waals surface area (Å²) in [4.78, 5) is 23.2. The number of aliphatic carboxylic acids is 1. The predicted molar refractivity (Wildman–Crippen MR) is 78.6 cm³/mol. The minimum absolute atomic E-state index is 0.491. The molecule has 0 unspecified atom stereocenters. The van der Waals surface area contributed by atoms with Crippen LogP contribution in [0.25, 0.3) is 0 Å². The van der Waals surface area contributed by atoms with Crippen LogP contribution in [0.4, 0.5) is 4.79 Å². The van der Waals surface area contributed by atoms with Crippen molar-refractivity contribution in [1.82, 2.24) is 5.32 Å². The molecule has 0 fully saturated rings. The van der Waals surface area contributed by atoms with Crippen LogP contribution in [-0.2, 0) is 9.53 Å². The Bertz CT molecular complexity index is 342. The Morgan fingerprint density at radius 1 is 1.15 bits per heavy atom. The average Bonchev–Trinajstić information content (AvgIpc) is 2.20. The molecule has 0 aliphatic heterocycles. The molecule has 0 aromatic rings. The van der Waals surface area contributed by atoms with Crippen molar-refractivity contribution in [3.8, 4) is 0 Å². The van der Waals surface area contributed by atoms with E-state index >= 15 is 0 Å². The summed E-state index contributed by atoms with van der Waals surface area (Å²) in [5.41, 5.74) is -1.18. The first-order chi connectivity index (χ1) is 8.85. The number of alkyl carbamates (subject to hydrolysis) is 1. The molecule has 1 atom stereocenters. The van der Waals surface area contributed by atoms with E-state index in [1.165, 1.54) is 0 Å². The molecule has 0 aliphatic carbocycles. The maximum absolute atomic E-state index is 11.8. The quantitative estimate of drug-likeness (QED) is 0.784. The molecule has 1 amide bonds. The molecule has 0 rings (SSSR count). The van der Waals surface area contributed by atoms with E-state index in [0.29, 0.717) is 5.92 Å². The fraction of sp³-hybridized carbons (Fsp3) is 0.867. The lowest BCUT2D eigenvalue weighted by Crippen LogP contribution is -2.51. The highest BCUT2D eigenvalue weighted by Gasteiger charge is 2.37. The number of rotatable bonds is 6. The van der Waals surface area contributed by atoms with E-state index in [0.717, 1.165) is 12.8 Å². The van der Waals surface area contributed by atoms with Crippen LogP contribution in [0.2, 0.25) is 0 Å². The third-order valence-electron chi connectivity index (χ3n) is 3.06. The maximum Gasteiger partial charge on any atom is 0.408 e. The number of carboxylic acids is 1. The smallest absolute Gasteiger partial charge is 0.408 e. The molecule has 0 saturated carbocycles. The lowest BCUT2D eigenvalue weighted by Gasteiger charge is -2.33. The van der Waals surface area contributed by atoms with Crippen LogP contribution in [0.1, 0.15) is 61.3 Å². The van der Waals surface area contributed by atoms with Gasteiger partial charge in [0.2, 0.25) is 0 Å². The Hall–Kier alpha value is -1.26. The molecule has 2 N–H and O–H groups in total. The second kappa shape index (κ2) is 6.95. The first-order valence-electron chi connectivity index (χ1n) is 7.07. The summed E-state index contributed by atoms with van der Waals surface area (Å²) >= 11 is 0. The number of hydrogen-bond donors (Lipinski definition) is 2. The summed E-state index contributed by atoms with van der Waals surface area (Å²) in [7, 11) is 0. The van der Waals surface area contributed by atoms with Gasteiger partial charge in [-0.1, -0.05) is 34.1 Å². The zero-order valence-corrected chi connectivity index (χ0v) is 13.7. The predicted octanol–water partition coefficient (Wildman–Crippen LogP) is 3.43. The number of nitrogens with one attached hydrogen (secondary N) is 1. The van der Waals surface area contributed by atoms with Crippen LogP contribution in [-0.4, -0.2) is 28.8 Å². The standard InChI is InChI=1S/C15H29NO4/c1-10(2)8-9-15(6,7)11(12(17)18)16-13(19)20-14(3,4)5/h10-11H,8-9H2,1-7H3,(H,16,19)(H,17,18)/t11-/m0/s1. The molecule has 0 aromatic carbocycles. The van der Waals surface area contributed by atoms with Crippen LogP contribution in [0.15, 0.2) is 0 Å². The Balaban J connectivity index is 4.80. The summed E-state index contributed by atoms with van der Waals surface area (Å²) in [5, 5.41) is 11.8. The van der Waals surface area contributed by atoms with Crippen LogP contribution in [0.3, 0.4) is 0 Å². The SMILES string of the molecule is CC(C)CCC(C)(C)[C@@H](NC(=O)OC(C)(C)C)C(=O)O. The Kier molecular flexibility index (Phi) is 6.51. The fourth-order valence-corrected chi connectivity index (χ4v) is 1.82. The van der Waals surface area contributed by atoms with Crippen molar-refractivity contribution >= 4 is 12.1 Å². The third kappa shape index (κ3) is 7.36. The van der Waals surface area contributed by atoms with E-state index < -0.39 is 29.1 Å². The molecule has 20 heavy (non-hydrogen) atoms. The van der Waals surface area contributed by atoms with Crippen LogP contribution in [0, 0.1) is 11.3 Å². The van der Waals surface area contributed by atoms with Gasteiger partial charge in [0.1, 0.15) is 11.6 Å². The molecule has 5 heteroatoms. The van der Waals surface area contributed by atoms with Crippen molar-refractivity contribution in [2.75, 3.05) is 0 Å². The Labute approximate surface area is 122 Å². The molecular formula is C15H29NO4. The van der Waals surface area contributed by atoms with Crippen molar-refractivity contribution in [1.29, 1.82) is 0 Å². The van der Waals surface area contributed by atoms with Gasteiger partial charge in [-0.25, -0.2) is 9.59 Å². The molecule has 0 saturated heterocycles. The van der Waals surface area contributed by atoms with Gasteiger partial charge in [-0.05, 0) is 38.5 Å². The zero-order valence-electron chi connectivity index (χ0n) is 13.7. The van der Waals surface area contributed by atoms with Gasteiger partial charge in [-0.15, -0.1) is 0 Å². The highest BCUT2D eigenvalue weighted by atomic mass is 16.6. The third-order valence-corrected chi connectivity index (χ3v) is 3.06. The zero-order chi connectivity index (χ0) is 16.1. The number of carbonyl (C=O) groups excluding carboxylic acids is 1. The van der Waals surface area contributed by atoms with Gasteiger partial charge in [0, 0.05) is 0 Å². The summed E-state index contributed by atoms with van der Waals surface area (Å²) in [6.07, 6.45) is 0.937. The number of ether oxygens (including phenoxy) is 1. The fourth-order valence-electron chi connectivity index (χ4n) is 1.82. The van der Waals surface area contributed by atoms with Crippen LogP contribution < -0.4 is 5.32 Å². The van der Waals surface area contributed by atoms with Gasteiger partial charge in [-0.3, -0.25) is 0 Å².